The third-order valence-electron chi connectivity index (χ3n) is 17.3. The van der Waals surface area contributed by atoms with Crippen molar-refractivity contribution in [1.82, 2.24) is 10.2 Å². The van der Waals surface area contributed by atoms with Gasteiger partial charge in [0, 0.05) is 19.6 Å². The normalized spacial score (nSPS) is 39.3. The van der Waals surface area contributed by atoms with E-state index < -0.39 is 27.8 Å². The van der Waals surface area contributed by atoms with Crippen molar-refractivity contribution in [2.45, 2.75) is 112 Å². The number of benzene rings is 1. The maximum Gasteiger partial charge on any atom is 0.335 e. The van der Waals surface area contributed by atoms with E-state index >= 15 is 0 Å². The highest BCUT2D eigenvalue weighted by Gasteiger charge is 2.70. The average molecular weight is 777 g/mol. The van der Waals surface area contributed by atoms with Gasteiger partial charge in [0.1, 0.15) is 0 Å². The Morgan fingerprint density at radius 3 is 2.18 bits per heavy atom. The second-order valence-electron chi connectivity index (χ2n) is 20.0. The molecule has 4 saturated carbocycles. The SMILES string of the molecule is C=C(C)[C@@H]1CC[C@]2(CN[C@@H](CC(=O)O)C(=O)N3CCS(=O)(=O)CC3)CC[C@]3(C)[C@H](CC[C@@H]4[C@@]5(C)CC=C(c6ccc(C(=O)O)cc6)C(C)(C)[C@@H]5CC[C@]43C)[C@@H]12. The van der Waals surface area contributed by atoms with Crippen molar-refractivity contribution in [3.63, 3.8) is 0 Å². The van der Waals surface area contributed by atoms with Crippen molar-refractivity contribution in [3.8, 4) is 0 Å². The van der Waals surface area contributed by atoms with Crippen molar-refractivity contribution >= 4 is 33.3 Å². The number of carboxylic acid groups (broad SMARTS) is 2. The number of sulfone groups is 1. The van der Waals surface area contributed by atoms with Gasteiger partial charge < -0.3 is 20.4 Å². The minimum absolute atomic E-state index is 0.0624. The third-order valence-corrected chi connectivity index (χ3v) is 18.9. The number of aromatic carboxylic acids is 1. The fourth-order valence-corrected chi connectivity index (χ4v) is 15.6. The fraction of sp³-hybridized carbons (Fsp3) is 0.711. The monoisotopic (exact) mass is 776 g/mol. The van der Waals surface area contributed by atoms with Gasteiger partial charge >= 0.3 is 11.9 Å². The Labute approximate surface area is 328 Å². The van der Waals surface area contributed by atoms with E-state index in [0.717, 1.165) is 50.5 Å². The maximum absolute atomic E-state index is 13.8. The lowest BCUT2D eigenvalue weighted by molar-refractivity contribution is -0.225. The van der Waals surface area contributed by atoms with Crippen LogP contribution in [0.5, 0.6) is 0 Å². The topological polar surface area (TPSA) is 141 Å². The first-order valence-electron chi connectivity index (χ1n) is 20.8. The minimum Gasteiger partial charge on any atom is -0.481 e. The summed E-state index contributed by atoms with van der Waals surface area (Å²) in [6, 6.07) is 6.55. The van der Waals surface area contributed by atoms with Crippen molar-refractivity contribution in [2.75, 3.05) is 31.1 Å². The molecule has 7 rings (SSSR count). The van der Waals surface area contributed by atoms with Gasteiger partial charge in [-0.05, 0) is 145 Å². The number of carboxylic acids is 2. The molecule has 5 aliphatic carbocycles. The number of aliphatic carboxylic acids is 1. The molecular weight excluding hydrogens is 713 g/mol. The summed E-state index contributed by atoms with van der Waals surface area (Å²) in [6.07, 6.45) is 12.1. The van der Waals surface area contributed by atoms with E-state index in [0.29, 0.717) is 41.7 Å². The highest BCUT2D eigenvalue weighted by atomic mass is 32.2. The molecule has 55 heavy (non-hydrogen) atoms. The molecule has 1 amide bonds. The number of allylic oxidation sites excluding steroid dienone is 3. The predicted molar refractivity (Wildman–Crippen MR) is 215 cm³/mol. The van der Waals surface area contributed by atoms with Crippen LogP contribution in [-0.4, -0.2) is 78.6 Å². The van der Waals surface area contributed by atoms with Gasteiger partial charge in [0.25, 0.3) is 0 Å². The Hall–Kier alpha value is -2.98. The van der Waals surface area contributed by atoms with Crippen LogP contribution < -0.4 is 5.32 Å². The average Bonchev–Trinajstić information content (AvgIpc) is 3.50. The molecule has 5 fully saturated rings. The van der Waals surface area contributed by atoms with E-state index in [2.05, 4.69) is 59.5 Å². The van der Waals surface area contributed by atoms with E-state index in [9.17, 15) is 33.0 Å². The van der Waals surface area contributed by atoms with E-state index in [1.54, 1.807) is 17.0 Å². The molecule has 10 atom stereocenters. The zero-order valence-electron chi connectivity index (χ0n) is 34.0. The smallest absolute Gasteiger partial charge is 0.335 e. The lowest BCUT2D eigenvalue weighted by atomic mass is 9.32. The lowest BCUT2D eigenvalue weighted by Crippen LogP contribution is -2.66. The largest absolute Gasteiger partial charge is 0.481 e. The number of rotatable bonds is 9. The fourth-order valence-electron chi connectivity index (χ4n) is 14.4. The number of carbonyl (C=O) groups excluding carboxylic acids is 1. The van der Waals surface area contributed by atoms with Gasteiger partial charge in [-0.25, -0.2) is 13.2 Å². The Bertz CT molecular complexity index is 1870. The summed E-state index contributed by atoms with van der Waals surface area (Å²) in [6.45, 7) is 20.2. The van der Waals surface area contributed by atoms with Gasteiger partial charge in [-0.3, -0.25) is 9.59 Å². The van der Waals surface area contributed by atoms with Crippen molar-refractivity contribution in [3.05, 3.63) is 53.6 Å². The molecule has 1 aromatic rings. The summed E-state index contributed by atoms with van der Waals surface area (Å²) >= 11 is 0. The van der Waals surface area contributed by atoms with Crippen LogP contribution in [-0.2, 0) is 19.4 Å². The molecule has 1 aliphatic heterocycles. The molecule has 0 spiro atoms. The van der Waals surface area contributed by atoms with Gasteiger partial charge in [0.15, 0.2) is 9.84 Å². The summed E-state index contributed by atoms with van der Waals surface area (Å²) in [7, 11) is -3.18. The van der Waals surface area contributed by atoms with Gasteiger partial charge in [-0.15, -0.1) is 0 Å². The van der Waals surface area contributed by atoms with Crippen LogP contribution in [0.15, 0.2) is 42.5 Å². The summed E-state index contributed by atoms with van der Waals surface area (Å²) < 4.78 is 24.2. The number of hydrogen-bond acceptors (Lipinski definition) is 6. The third kappa shape index (κ3) is 6.44. The molecule has 3 N–H and O–H groups in total. The summed E-state index contributed by atoms with van der Waals surface area (Å²) in [5, 5.41) is 22.9. The van der Waals surface area contributed by atoms with Gasteiger partial charge in [0.2, 0.25) is 5.91 Å². The first-order chi connectivity index (χ1) is 25.7. The molecule has 0 radical (unpaired) electrons. The van der Waals surface area contributed by atoms with Crippen LogP contribution >= 0.6 is 0 Å². The molecular formula is C45H64N2O7S. The van der Waals surface area contributed by atoms with Crippen molar-refractivity contribution < 1.29 is 33.0 Å². The second kappa shape index (κ2) is 13.8. The van der Waals surface area contributed by atoms with Gasteiger partial charge in [0.05, 0.1) is 29.5 Å². The first kappa shape index (κ1) is 40.2. The first-order valence-corrected chi connectivity index (χ1v) is 22.7. The Morgan fingerprint density at radius 2 is 1.56 bits per heavy atom. The molecule has 0 bridgehead atoms. The molecule has 1 aromatic carbocycles. The number of nitrogens with one attached hydrogen (secondary N) is 1. The van der Waals surface area contributed by atoms with Crippen LogP contribution in [0.1, 0.15) is 122 Å². The van der Waals surface area contributed by atoms with Crippen LogP contribution in [0.4, 0.5) is 0 Å². The summed E-state index contributed by atoms with van der Waals surface area (Å²) in [4.78, 5) is 38.9. The predicted octanol–water partition coefficient (Wildman–Crippen LogP) is 7.73. The molecule has 1 heterocycles. The van der Waals surface area contributed by atoms with Crippen molar-refractivity contribution in [1.29, 1.82) is 0 Å². The van der Waals surface area contributed by atoms with Gasteiger partial charge in [-0.2, -0.15) is 0 Å². The maximum atomic E-state index is 13.8. The van der Waals surface area contributed by atoms with Crippen LogP contribution in [0.2, 0.25) is 0 Å². The lowest BCUT2D eigenvalue weighted by Gasteiger charge is -2.72. The zero-order chi connectivity index (χ0) is 39.9. The molecule has 0 unspecified atom stereocenters. The Morgan fingerprint density at radius 1 is 0.891 bits per heavy atom. The number of nitrogens with zero attached hydrogens (tertiary/aromatic N) is 1. The molecule has 10 heteroatoms. The number of hydrogen-bond donors (Lipinski definition) is 3. The number of carbonyl (C=O) groups is 3. The molecule has 0 aromatic heterocycles. The summed E-state index contributed by atoms with van der Waals surface area (Å²) in [5.74, 6) is -0.0740. The van der Waals surface area contributed by atoms with E-state index in [1.807, 2.05) is 12.1 Å². The van der Waals surface area contributed by atoms with Crippen LogP contribution in [0.25, 0.3) is 5.57 Å². The highest BCUT2D eigenvalue weighted by molar-refractivity contribution is 7.91. The van der Waals surface area contributed by atoms with Crippen molar-refractivity contribution in [2.24, 2.45) is 56.7 Å². The minimum atomic E-state index is -3.18. The zero-order valence-corrected chi connectivity index (χ0v) is 34.8. The molecule has 302 valence electrons. The van der Waals surface area contributed by atoms with Crippen LogP contribution in [0, 0.1) is 56.7 Å². The Kier molecular flexibility index (Phi) is 10.1. The van der Waals surface area contributed by atoms with E-state index in [-0.39, 0.29) is 64.0 Å². The second-order valence-corrected chi connectivity index (χ2v) is 22.3. The van der Waals surface area contributed by atoms with Gasteiger partial charge in [-0.1, -0.05) is 65.0 Å². The Balaban J connectivity index is 1.16. The molecule has 1 saturated heterocycles. The van der Waals surface area contributed by atoms with E-state index in [1.165, 1.54) is 24.0 Å². The van der Waals surface area contributed by atoms with Crippen LogP contribution in [0.3, 0.4) is 0 Å². The summed E-state index contributed by atoms with van der Waals surface area (Å²) in [5.41, 5.74) is 4.27. The van der Waals surface area contributed by atoms with E-state index in [4.69, 9.17) is 0 Å². The number of amides is 1. The molecule has 6 aliphatic rings. The number of fused-ring (bicyclic) bond motifs is 7. The quantitative estimate of drug-likeness (QED) is 0.217. The highest BCUT2D eigenvalue weighted by Crippen LogP contribution is 2.77. The molecule has 9 nitrogen and oxygen atoms in total. The standard InChI is InChI=1S/C45H64N2O7S/c1-28(2)31-14-19-45(27-46-34(26-37(48)49)39(50)47-22-24-55(53,54)25-23-47)21-20-43(6)33(38(31)45)12-13-36-42(5)17-15-32(29-8-10-30(11-9-29)40(51)52)41(3,4)35(42)16-18-44(36,43)7/h8-11,15,31,33-36,38,46H,1,12-14,16-27H2,2-7H3,(H,48,49)(H,51,52)/t31-,33+,34-,35-,36+,38+,42-,43+,44+,45+/m0/s1.